The Balaban J connectivity index is 0.000000104. The Morgan fingerprint density at radius 1 is 0.136 bits per heavy atom. The third kappa shape index (κ3) is 12.5. The van der Waals surface area contributed by atoms with Crippen molar-refractivity contribution in [2.45, 2.75) is 0 Å². The Morgan fingerprint density at radius 3 is 0.686 bits per heavy atom. The van der Waals surface area contributed by atoms with Crippen molar-refractivity contribution < 1.29 is 0 Å². The van der Waals surface area contributed by atoms with Gasteiger partial charge < -0.3 is 27.4 Å². The molecule has 0 unspecified atom stereocenters. The number of benzene rings is 19. The molecule has 0 saturated carbocycles. The summed E-state index contributed by atoms with van der Waals surface area (Å²) >= 11 is 0. The SMILES string of the molecule is c1ccc(-n2c3ccccc3c3nc(-c4ccc(-n5c6ccccc6c6ccccc65)cc4)nc(-n4c5ccccc5c5ccccc54)c32)cc1.c1ccc(-n2c3ccccc3c3nc(-c4cccc(-n5c6ccccc6c6ccccc65)c4)nc(-n4c5ccccc5c5ccccc54)c32)cc1.c1ccc(-n2c3ccccc3c3nc(-c4cccc(-n5c6ccccc6c6ccccc65)c4)ncc32)cc1. The first-order valence-corrected chi connectivity index (χ1v) is 47.3. The Bertz CT molecular complexity index is 9970. The number of rotatable bonds is 11. The van der Waals surface area contributed by atoms with Crippen LogP contribution in [0.2, 0.25) is 0 Å². The van der Waals surface area contributed by atoms with E-state index >= 15 is 0 Å². The normalized spacial score (nSPS) is 11.9. The maximum absolute atomic E-state index is 5.56. The van der Waals surface area contributed by atoms with Gasteiger partial charge in [0, 0.05) is 121 Å². The van der Waals surface area contributed by atoms with Crippen molar-refractivity contribution in [3.63, 3.8) is 0 Å². The molecule has 30 rings (SSSR count). The standard InChI is InChI=1S/2C46H29N5.C34H22N4/c1-2-16-31(17-3-1)50-42-28-13-8-23-37(42)43-44(50)46(51-40-26-11-6-21-35(40)36-22-7-12-27-41(36)51)48-45(47-43)30-15-14-18-32(29-30)49-38-24-9-4-19-33(38)34-20-5-10-25-39(34)49;1-2-14-31(15-3-1)50-42-25-13-8-20-37(42)43-44(50)46(51-40-23-11-6-18-35(40)36-19-7-12-24-41(36)51)48-45(47-43)30-26-28-32(29-27-30)49-38-21-9-4-16-33(38)34-17-5-10-22-39(34)49;1-2-12-24(13-3-1)37-31-20-9-6-17-28(31)33-32(37)22-35-34(36-33)23-11-10-14-25(21-23)38-29-18-7-4-15-26(29)27-16-5-8-19-30(27)38/h2*1-29H;1-22H. The molecule has 654 valence electrons. The summed E-state index contributed by atoms with van der Waals surface area (Å²) < 4.78 is 18.5. The van der Waals surface area contributed by atoms with E-state index in [0.29, 0.717) is 11.6 Å². The minimum absolute atomic E-state index is 0.679. The number of hydrogen-bond donors (Lipinski definition) is 0. The Hall–Kier alpha value is -19.2. The van der Waals surface area contributed by atoms with E-state index < -0.39 is 0 Å². The topological polar surface area (TPSA) is 117 Å². The van der Waals surface area contributed by atoms with Crippen LogP contribution < -0.4 is 0 Å². The highest BCUT2D eigenvalue weighted by molar-refractivity contribution is 6.18. The summed E-state index contributed by atoms with van der Waals surface area (Å²) in [7, 11) is 0. The van der Waals surface area contributed by atoms with Crippen molar-refractivity contribution >= 4 is 175 Å². The molecule has 11 heterocycles. The first kappa shape index (κ1) is 79.4. The second-order valence-corrected chi connectivity index (χ2v) is 35.6. The molecule has 0 fully saturated rings. The molecule has 0 N–H and O–H groups in total. The van der Waals surface area contributed by atoms with Crippen molar-refractivity contribution in [2.24, 2.45) is 0 Å². The van der Waals surface area contributed by atoms with Crippen LogP contribution in [0.3, 0.4) is 0 Å². The minimum atomic E-state index is 0.679. The molecule has 0 aliphatic rings. The maximum Gasteiger partial charge on any atom is 0.166 e. The number of para-hydroxylation sites is 16. The molecule has 0 radical (unpaired) electrons. The first-order valence-electron chi connectivity index (χ1n) is 47.3. The van der Waals surface area contributed by atoms with Crippen LogP contribution >= 0.6 is 0 Å². The van der Waals surface area contributed by atoms with Gasteiger partial charge in [-0.05, 0) is 164 Å². The monoisotopic (exact) mass is 1790 g/mol. The summed E-state index contributed by atoms with van der Waals surface area (Å²) in [5.41, 5.74) is 29.9. The van der Waals surface area contributed by atoms with Gasteiger partial charge in [0.25, 0.3) is 0 Å². The predicted molar refractivity (Wildman–Crippen MR) is 577 cm³/mol. The summed E-state index contributed by atoms with van der Waals surface area (Å²) in [4.78, 5) is 31.9. The first-order chi connectivity index (χ1) is 69.5. The van der Waals surface area contributed by atoms with Gasteiger partial charge >= 0.3 is 0 Å². The number of hydrogen-bond acceptors (Lipinski definition) is 6. The van der Waals surface area contributed by atoms with Gasteiger partial charge in [-0.2, -0.15) is 0 Å². The fourth-order valence-corrected chi connectivity index (χ4v) is 21.9. The van der Waals surface area contributed by atoms with Gasteiger partial charge in [0.1, 0.15) is 27.6 Å². The van der Waals surface area contributed by atoms with E-state index in [0.717, 1.165) is 156 Å². The van der Waals surface area contributed by atoms with E-state index in [1.54, 1.807) is 0 Å². The molecule has 30 aromatic rings. The van der Waals surface area contributed by atoms with Crippen LogP contribution in [-0.4, -0.2) is 66.4 Å². The lowest BCUT2D eigenvalue weighted by molar-refractivity contribution is 1.05. The average molecular weight is 1790 g/mol. The molecular formula is C126H80N14. The highest BCUT2D eigenvalue weighted by atomic mass is 15.2. The summed E-state index contributed by atoms with van der Waals surface area (Å²) in [6.45, 7) is 0. The van der Waals surface area contributed by atoms with Crippen LogP contribution in [0.15, 0.2) is 485 Å². The highest BCUT2D eigenvalue weighted by Gasteiger charge is 2.29. The van der Waals surface area contributed by atoms with Crippen molar-refractivity contribution in [1.29, 1.82) is 0 Å². The lowest BCUT2D eigenvalue weighted by Crippen LogP contribution is -2.05. The third-order valence-electron chi connectivity index (χ3n) is 27.9. The van der Waals surface area contributed by atoms with Gasteiger partial charge in [-0.15, -0.1) is 0 Å². The molecule has 14 nitrogen and oxygen atoms in total. The van der Waals surface area contributed by atoms with Crippen molar-refractivity contribution in [1.82, 2.24) is 66.4 Å². The zero-order chi connectivity index (χ0) is 92.0. The lowest BCUT2D eigenvalue weighted by Gasteiger charge is -2.15. The predicted octanol–water partition coefficient (Wildman–Crippen LogP) is 31.2. The van der Waals surface area contributed by atoms with Gasteiger partial charge in [-0.3, -0.25) is 9.13 Å². The van der Waals surface area contributed by atoms with Crippen LogP contribution in [0.5, 0.6) is 0 Å². The number of nitrogens with zero attached hydrogens (tertiary/aromatic N) is 14. The summed E-state index contributed by atoms with van der Waals surface area (Å²) in [5, 5.41) is 15.5. The average Bonchev–Trinajstić information content (AvgIpc) is 1.55. The fraction of sp³-hybridized carbons (Fsp3) is 0. The molecule has 14 heteroatoms. The maximum atomic E-state index is 5.56. The molecule has 0 aliphatic carbocycles. The Morgan fingerprint density at radius 2 is 0.357 bits per heavy atom. The van der Waals surface area contributed by atoms with E-state index in [2.05, 4.69) is 510 Å². The molecule has 0 bridgehead atoms. The lowest BCUT2D eigenvalue weighted by atomic mass is 10.1. The summed E-state index contributed by atoms with van der Waals surface area (Å²) in [5.74, 6) is 3.77. The van der Waals surface area contributed by atoms with Crippen LogP contribution in [0, 0.1) is 0 Å². The van der Waals surface area contributed by atoms with Crippen molar-refractivity contribution in [2.75, 3.05) is 0 Å². The summed E-state index contributed by atoms with van der Waals surface area (Å²) in [6.07, 6.45) is 1.96. The van der Waals surface area contributed by atoms with Gasteiger partial charge in [-0.25, -0.2) is 29.9 Å². The third-order valence-corrected chi connectivity index (χ3v) is 27.9. The van der Waals surface area contributed by atoms with Gasteiger partial charge in [0.15, 0.2) is 29.1 Å². The van der Waals surface area contributed by atoms with Crippen LogP contribution in [0.4, 0.5) is 0 Å². The van der Waals surface area contributed by atoms with Gasteiger partial charge in [-0.1, -0.05) is 315 Å². The largest absolute Gasteiger partial charge is 0.309 e. The number of aromatic nitrogens is 14. The molecule has 0 saturated heterocycles. The van der Waals surface area contributed by atoms with E-state index in [1.807, 2.05) is 12.3 Å². The molecule has 0 aliphatic heterocycles. The zero-order valence-corrected chi connectivity index (χ0v) is 75.4. The second-order valence-electron chi connectivity index (χ2n) is 35.6. The number of fused-ring (bicyclic) bond motifs is 24. The van der Waals surface area contributed by atoms with Crippen LogP contribution in [0.25, 0.3) is 255 Å². The quantitative estimate of drug-likeness (QED) is 0.127. The minimum Gasteiger partial charge on any atom is -0.309 e. The second kappa shape index (κ2) is 32.3. The molecule has 11 aromatic heterocycles. The van der Waals surface area contributed by atoms with Crippen LogP contribution in [0.1, 0.15) is 0 Å². The molecule has 0 spiro atoms. The van der Waals surface area contributed by atoms with E-state index in [1.165, 1.54) is 87.0 Å². The zero-order valence-electron chi connectivity index (χ0n) is 75.4. The molecule has 140 heavy (non-hydrogen) atoms. The van der Waals surface area contributed by atoms with Crippen molar-refractivity contribution in [3.05, 3.63) is 485 Å². The summed E-state index contributed by atoms with van der Waals surface area (Å²) in [6, 6.07) is 169. The van der Waals surface area contributed by atoms with E-state index in [9.17, 15) is 0 Å². The van der Waals surface area contributed by atoms with Gasteiger partial charge in [0.05, 0.1) is 83.4 Å². The molecular weight excluding hydrogens is 1710 g/mol. The molecule has 0 atom stereocenters. The van der Waals surface area contributed by atoms with Crippen LogP contribution in [-0.2, 0) is 0 Å². The Labute approximate surface area is 801 Å². The van der Waals surface area contributed by atoms with E-state index in [4.69, 9.17) is 29.9 Å². The van der Waals surface area contributed by atoms with E-state index in [-0.39, 0.29) is 0 Å². The molecule has 19 aromatic carbocycles. The smallest absolute Gasteiger partial charge is 0.166 e. The highest BCUT2D eigenvalue weighted by Crippen LogP contribution is 2.46. The van der Waals surface area contributed by atoms with Crippen molar-refractivity contribution in [3.8, 4) is 79.9 Å². The van der Waals surface area contributed by atoms with Gasteiger partial charge in [0.2, 0.25) is 0 Å². The fourth-order valence-electron chi connectivity index (χ4n) is 21.9. The molecule has 0 amide bonds. The Kier molecular flexibility index (Phi) is 18.3.